The number of hydrogen-bond acceptors (Lipinski definition) is 3. The standard InChI is InChI=1S/C8H14N2O/c1-7(2)8-5-10(6-9)3-4-11-8/h7-8H,3-5H2,1-2H3. The van der Waals surface area contributed by atoms with Gasteiger partial charge in [0.25, 0.3) is 0 Å². The average Bonchev–Trinajstić information content (AvgIpc) is 2.05. The Morgan fingerprint density at radius 3 is 2.91 bits per heavy atom. The van der Waals surface area contributed by atoms with E-state index < -0.39 is 0 Å². The molecule has 0 aromatic carbocycles. The Morgan fingerprint density at radius 1 is 1.64 bits per heavy atom. The third-order valence-corrected chi connectivity index (χ3v) is 1.98. The molecule has 0 aliphatic carbocycles. The lowest BCUT2D eigenvalue weighted by Gasteiger charge is -2.31. The van der Waals surface area contributed by atoms with Gasteiger partial charge in [0.05, 0.1) is 25.8 Å². The highest BCUT2D eigenvalue weighted by molar-refractivity contribution is 4.81. The second-order valence-corrected chi connectivity index (χ2v) is 3.20. The SMILES string of the molecule is CC(C)C1CN(C#N)CCO1. The molecule has 0 N–H and O–H groups in total. The van der Waals surface area contributed by atoms with Crippen LogP contribution >= 0.6 is 0 Å². The van der Waals surface area contributed by atoms with Gasteiger partial charge in [0.1, 0.15) is 0 Å². The highest BCUT2D eigenvalue weighted by Crippen LogP contribution is 2.11. The van der Waals surface area contributed by atoms with Gasteiger partial charge in [0.15, 0.2) is 6.19 Å². The van der Waals surface area contributed by atoms with Crippen LogP contribution in [0, 0.1) is 17.4 Å². The van der Waals surface area contributed by atoms with E-state index in [4.69, 9.17) is 10.00 Å². The molecule has 0 amide bonds. The highest BCUT2D eigenvalue weighted by Gasteiger charge is 2.21. The quantitative estimate of drug-likeness (QED) is 0.525. The Hall–Kier alpha value is -0.750. The molecule has 0 aromatic heterocycles. The zero-order chi connectivity index (χ0) is 8.27. The van der Waals surface area contributed by atoms with E-state index in [1.54, 1.807) is 4.90 Å². The average molecular weight is 154 g/mol. The monoisotopic (exact) mass is 154 g/mol. The van der Waals surface area contributed by atoms with Crippen LogP contribution < -0.4 is 0 Å². The highest BCUT2D eigenvalue weighted by atomic mass is 16.5. The Labute approximate surface area is 67.6 Å². The van der Waals surface area contributed by atoms with Crippen molar-refractivity contribution < 1.29 is 4.74 Å². The number of ether oxygens (including phenoxy) is 1. The summed E-state index contributed by atoms with van der Waals surface area (Å²) in [6, 6.07) is 0. The van der Waals surface area contributed by atoms with Crippen molar-refractivity contribution in [1.29, 1.82) is 5.26 Å². The van der Waals surface area contributed by atoms with E-state index in [0.29, 0.717) is 12.5 Å². The van der Waals surface area contributed by atoms with Gasteiger partial charge < -0.3 is 9.64 Å². The third-order valence-electron chi connectivity index (χ3n) is 1.98. The topological polar surface area (TPSA) is 36.3 Å². The molecule has 0 radical (unpaired) electrons. The Balaban J connectivity index is 2.41. The Morgan fingerprint density at radius 2 is 2.36 bits per heavy atom. The largest absolute Gasteiger partial charge is 0.374 e. The van der Waals surface area contributed by atoms with Crippen LogP contribution in [0.5, 0.6) is 0 Å². The van der Waals surface area contributed by atoms with Gasteiger partial charge in [-0.2, -0.15) is 5.26 Å². The first-order chi connectivity index (χ1) is 5.24. The zero-order valence-corrected chi connectivity index (χ0v) is 7.08. The van der Waals surface area contributed by atoms with E-state index in [2.05, 4.69) is 20.0 Å². The normalized spacial score (nSPS) is 25.3. The van der Waals surface area contributed by atoms with Gasteiger partial charge in [-0.3, -0.25) is 0 Å². The minimum atomic E-state index is 0.239. The molecule has 1 saturated heterocycles. The van der Waals surface area contributed by atoms with Gasteiger partial charge in [0.2, 0.25) is 0 Å². The molecule has 0 saturated carbocycles. The van der Waals surface area contributed by atoms with Crippen LogP contribution in [-0.2, 0) is 4.74 Å². The molecule has 1 aliphatic rings. The van der Waals surface area contributed by atoms with Crippen molar-refractivity contribution in [2.24, 2.45) is 5.92 Å². The lowest BCUT2D eigenvalue weighted by Crippen LogP contribution is -2.42. The molecule has 3 heteroatoms. The van der Waals surface area contributed by atoms with E-state index >= 15 is 0 Å². The second kappa shape index (κ2) is 3.59. The molecular weight excluding hydrogens is 140 g/mol. The second-order valence-electron chi connectivity index (χ2n) is 3.20. The molecule has 1 heterocycles. The van der Waals surface area contributed by atoms with Gasteiger partial charge >= 0.3 is 0 Å². The van der Waals surface area contributed by atoms with Gasteiger partial charge in [-0.05, 0) is 5.92 Å². The van der Waals surface area contributed by atoms with Crippen molar-refractivity contribution in [2.75, 3.05) is 19.7 Å². The van der Waals surface area contributed by atoms with Crippen LogP contribution in [0.15, 0.2) is 0 Å². The minimum absolute atomic E-state index is 0.239. The lowest BCUT2D eigenvalue weighted by atomic mass is 10.1. The molecule has 1 atom stereocenters. The first-order valence-electron chi connectivity index (χ1n) is 4.00. The first-order valence-corrected chi connectivity index (χ1v) is 4.00. The van der Waals surface area contributed by atoms with Gasteiger partial charge in [-0.1, -0.05) is 13.8 Å². The maximum absolute atomic E-state index is 8.61. The van der Waals surface area contributed by atoms with Crippen molar-refractivity contribution >= 4 is 0 Å². The van der Waals surface area contributed by atoms with Crippen molar-refractivity contribution in [1.82, 2.24) is 4.90 Å². The maximum atomic E-state index is 8.61. The first kappa shape index (κ1) is 8.35. The van der Waals surface area contributed by atoms with E-state index in [-0.39, 0.29) is 6.10 Å². The molecular formula is C8H14N2O. The summed E-state index contributed by atoms with van der Waals surface area (Å²) >= 11 is 0. The molecule has 1 aliphatic heterocycles. The third kappa shape index (κ3) is 2.09. The van der Waals surface area contributed by atoms with Crippen molar-refractivity contribution in [3.63, 3.8) is 0 Å². The predicted molar refractivity (Wildman–Crippen MR) is 41.8 cm³/mol. The summed E-state index contributed by atoms with van der Waals surface area (Å²) in [4.78, 5) is 1.76. The number of nitrogens with zero attached hydrogens (tertiary/aromatic N) is 2. The van der Waals surface area contributed by atoms with Gasteiger partial charge in [0, 0.05) is 0 Å². The fourth-order valence-electron chi connectivity index (χ4n) is 1.17. The summed E-state index contributed by atoms with van der Waals surface area (Å²) in [5.74, 6) is 0.506. The summed E-state index contributed by atoms with van der Waals surface area (Å²) in [7, 11) is 0. The van der Waals surface area contributed by atoms with Crippen LogP contribution in [0.3, 0.4) is 0 Å². The summed E-state index contributed by atoms with van der Waals surface area (Å²) in [6.45, 7) is 6.43. The van der Waals surface area contributed by atoms with Crippen LogP contribution in [-0.4, -0.2) is 30.7 Å². The van der Waals surface area contributed by atoms with Crippen molar-refractivity contribution in [3.8, 4) is 6.19 Å². The molecule has 0 bridgehead atoms. The summed E-state index contributed by atoms with van der Waals surface area (Å²) in [5, 5.41) is 8.61. The van der Waals surface area contributed by atoms with E-state index in [9.17, 15) is 0 Å². The predicted octanol–water partition coefficient (Wildman–Crippen LogP) is 0.824. The number of nitriles is 1. The molecule has 0 spiro atoms. The summed E-state index contributed by atoms with van der Waals surface area (Å²) in [5.41, 5.74) is 0. The molecule has 62 valence electrons. The van der Waals surface area contributed by atoms with E-state index in [1.807, 2.05) is 0 Å². The van der Waals surface area contributed by atoms with Crippen LogP contribution in [0.4, 0.5) is 0 Å². The zero-order valence-electron chi connectivity index (χ0n) is 7.08. The molecule has 1 rings (SSSR count). The summed E-state index contributed by atoms with van der Waals surface area (Å²) < 4.78 is 5.48. The fourth-order valence-corrected chi connectivity index (χ4v) is 1.17. The number of morpholine rings is 1. The van der Waals surface area contributed by atoms with Crippen molar-refractivity contribution in [3.05, 3.63) is 0 Å². The molecule has 0 aromatic rings. The molecule has 1 unspecified atom stereocenters. The molecule has 11 heavy (non-hydrogen) atoms. The Bertz CT molecular complexity index is 162. The van der Waals surface area contributed by atoms with E-state index in [1.165, 1.54) is 0 Å². The lowest BCUT2D eigenvalue weighted by molar-refractivity contribution is -0.0338. The Kier molecular flexibility index (Phi) is 2.72. The smallest absolute Gasteiger partial charge is 0.179 e. The number of rotatable bonds is 1. The fraction of sp³-hybridized carbons (Fsp3) is 0.875. The van der Waals surface area contributed by atoms with Crippen LogP contribution in [0.2, 0.25) is 0 Å². The van der Waals surface area contributed by atoms with E-state index in [0.717, 1.165) is 13.1 Å². The maximum Gasteiger partial charge on any atom is 0.179 e. The van der Waals surface area contributed by atoms with Crippen LogP contribution in [0.1, 0.15) is 13.8 Å². The molecule has 3 nitrogen and oxygen atoms in total. The van der Waals surface area contributed by atoms with Crippen molar-refractivity contribution in [2.45, 2.75) is 20.0 Å². The van der Waals surface area contributed by atoms with Gasteiger partial charge in [-0.25, -0.2) is 0 Å². The minimum Gasteiger partial charge on any atom is -0.374 e. The summed E-state index contributed by atoms with van der Waals surface area (Å²) in [6.07, 6.45) is 2.38. The van der Waals surface area contributed by atoms with Gasteiger partial charge in [-0.15, -0.1) is 0 Å². The van der Waals surface area contributed by atoms with Crippen LogP contribution in [0.25, 0.3) is 0 Å². The molecule has 1 fully saturated rings. The number of hydrogen-bond donors (Lipinski definition) is 0.